The number of unbranched alkanes of at least 4 members (excludes halogenated alkanes) is 1. The second-order valence-electron chi connectivity index (χ2n) is 5.52. The van der Waals surface area contributed by atoms with Crippen LogP contribution < -0.4 is 10.1 Å². The molecule has 118 valence electrons. The van der Waals surface area contributed by atoms with E-state index < -0.39 is 0 Å². The van der Waals surface area contributed by atoms with Gasteiger partial charge in [0.05, 0.1) is 13.2 Å². The van der Waals surface area contributed by atoms with Crippen molar-refractivity contribution in [2.24, 2.45) is 0 Å². The lowest BCUT2D eigenvalue weighted by Gasteiger charge is -2.12. The Morgan fingerprint density at radius 1 is 1.33 bits per heavy atom. The van der Waals surface area contributed by atoms with E-state index in [4.69, 9.17) is 4.74 Å². The summed E-state index contributed by atoms with van der Waals surface area (Å²) in [6.45, 7) is 6.18. The summed E-state index contributed by atoms with van der Waals surface area (Å²) in [7, 11) is 3.54. The van der Waals surface area contributed by atoms with Crippen molar-refractivity contribution in [1.29, 1.82) is 0 Å². The van der Waals surface area contributed by atoms with E-state index in [1.807, 2.05) is 0 Å². The highest BCUT2D eigenvalue weighted by molar-refractivity contribution is 5.77. The number of amides is 1. The molecular weight excluding hydrogens is 264 g/mol. The molecule has 1 N–H and O–H groups in total. The van der Waals surface area contributed by atoms with E-state index in [0.717, 1.165) is 38.2 Å². The van der Waals surface area contributed by atoms with Crippen molar-refractivity contribution < 1.29 is 9.53 Å². The third kappa shape index (κ3) is 6.63. The summed E-state index contributed by atoms with van der Waals surface area (Å²) in [5.74, 6) is 1.08. The number of aryl methyl sites for hydroxylation is 1. The molecule has 1 aromatic carbocycles. The zero-order valence-corrected chi connectivity index (χ0v) is 13.7. The number of carbonyl (C=O) groups excluding carboxylic acids is 1. The molecule has 21 heavy (non-hydrogen) atoms. The van der Waals surface area contributed by atoms with E-state index in [0.29, 0.717) is 6.54 Å². The van der Waals surface area contributed by atoms with Gasteiger partial charge in [-0.1, -0.05) is 25.5 Å². The smallest absolute Gasteiger partial charge is 0.236 e. The van der Waals surface area contributed by atoms with Gasteiger partial charge in [-0.15, -0.1) is 0 Å². The molecule has 0 bridgehead atoms. The maximum atomic E-state index is 11.4. The van der Waals surface area contributed by atoms with Crippen LogP contribution >= 0.6 is 0 Å². The number of nitrogens with one attached hydrogen (secondary N) is 1. The molecular formula is C17H28N2O2. The molecule has 0 saturated carbocycles. The first-order valence-corrected chi connectivity index (χ1v) is 7.67. The molecule has 1 aromatic rings. The lowest BCUT2D eigenvalue weighted by Crippen LogP contribution is -2.33. The van der Waals surface area contributed by atoms with Crippen molar-refractivity contribution in [3.05, 3.63) is 29.3 Å². The van der Waals surface area contributed by atoms with Crippen LogP contribution in [0.2, 0.25) is 0 Å². The van der Waals surface area contributed by atoms with Crippen LogP contribution in [0.4, 0.5) is 0 Å². The van der Waals surface area contributed by atoms with Crippen molar-refractivity contribution in [2.75, 3.05) is 33.8 Å². The Balaban J connectivity index is 2.41. The highest BCUT2D eigenvalue weighted by Crippen LogP contribution is 2.20. The van der Waals surface area contributed by atoms with Crippen molar-refractivity contribution in [3.8, 4) is 5.75 Å². The fourth-order valence-electron chi connectivity index (χ4n) is 1.87. The molecule has 0 saturated heterocycles. The summed E-state index contributed by atoms with van der Waals surface area (Å²) in [5, 5.41) is 3.17. The van der Waals surface area contributed by atoms with Crippen molar-refractivity contribution in [1.82, 2.24) is 10.2 Å². The molecule has 4 nitrogen and oxygen atoms in total. The number of carbonyl (C=O) groups is 1. The number of ether oxygens (including phenoxy) is 1. The average Bonchev–Trinajstić information content (AvgIpc) is 2.46. The van der Waals surface area contributed by atoms with E-state index in [-0.39, 0.29) is 5.91 Å². The number of hydrogen-bond donors (Lipinski definition) is 1. The van der Waals surface area contributed by atoms with Crippen molar-refractivity contribution >= 4 is 5.91 Å². The zero-order chi connectivity index (χ0) is 15.7. The lowest BCUT2D eigenvalue weighted by molar-refractivity contribution is -0.127. The van der Waals surface area contributed by atoms with Gasteiger partial charge in [0, 0.05) is 14.1 Å². The average molecular weight is 292 g/mol. The van der Waals surface area contributed by atoms with Gasteiger partial charge in [-0.05, 0) is 43.5 Å². The number of rotatable bonds is 9. The van der Waals surface area contributed by atoms with Crippen LogP contribution in [0.1, 0.15) is 30.9 Å². The van der Waals surface area contributed by atoms with Crippen LogP contribution in [0, 0.1) is 6.92 Å². The minimum atomic E-state index is 0.0995. The SMILES string of the molecule is CCCCOc1cc(CCNCC(=O)N(C)C)ccc1C. The first-order valence-electron chi connectivity index (χ1n) is 7.67. The fourth-order valence-corrected chi connectivity index (χ4v) is 1.87. The van der Waals surface area contributed by atoms with Crippen LogP contribution in [-0.2, 0) is 11.2 Å². The predicted octanol–water partition coefficient (Wildman–Crippen LogP) is 2.39. The molecule has 0 unspecified atom stereocenters. The first kappa shape index (κ1) is 17.5. The minimum Gasteiger partial charge on any atom is -0.493 e. The molecule has 0 fully saturated rings. The second kappa shape index (κ2) is 9.40. The standard InChI is InChI=1S/C17H28N2O2/c1-5-6-11-21-16-12-15(8-7-14(16)2)9-10-18-13-17(20)19(3)4/h7-8,12,18H,5-6,9-11,13H2,1-4H3. The van der Waals surface area contributed by atoms with E-state index in [9.17, 15) is 4.79 Å². The number of benzene rings is 1. The van der Waals surface area contributed by atoms with Gasteiger partial charge in [-0.25, -0.2) is 0 Å². The maximum absolute atomic E-state index is 11.4. The molecule has 0 spiro atoms. The molecule has 1 rings (SSSR count). The molecule has 1 amide bonds. The molecule has 0 atom stereocenters. The quantitative estimate of drug-likeness (QED) is 0.711. The molecule has 0 heterocycles. The third-order valence-electron chi connectivity index (χ3n) is 3.37. The van der Waals surface area contributed by atoms with Gasteiger partial charge in [-0.3, -0.25) is 4.79 Å². The topological polar surface area (TPSA) is 41.6 Å². The normalized spacial score (nSPS) is 10.5. The van der Waals surface area contributed by atoms with Gasteiger partial charge in [0.25, 0.3) is 0 Å². The number of hydrogen-bond acceptors (Lipinski definition) is 3. The van der Waals surface area contributed by atoms with Crippen molar-refractivity contribution in [2.45, 2.75) is 33.1 Å². The summed E-state index contributed by atoms with van der Waals surface area (Å²) >= 11 is 0. The highest BCUT2D eigenvalue weighted by Gasteiger charge is 2.04. The Morgan fingerprint density at radius 2 is 2.10 bits per heavy atom. The molecule has 0 aromatic heterocycles. The van der Waals surface area contributed by atoms with Crippen LogP contribution in [0.3, 0.4) is 0 Å². The summed E-state index contributed by atoms with van der Waals surface area (Å²) in [6.07, 6.45) is 3.12. The third-order valence-corrected chi connectivity index (χ3v) is 3.37. The van der Waals surface area contributed by atoms with Gasteiger partial charge in [-0.2, -0.15) is 0 Å². The van der Waals surface area contributed by atoms with E-state index in [1.165, 1.54) is 11.1 Å². The Morgan fingerprint density at radius 3 is 2.76 bits per heavy atom. The molecule has 4 heteroatoms. The van der Waals surface area contributed by atoms with Gasteiger partial charge >= 0.3 is 0 Å². The maximum Gasteiger partial charge on any atom is 0.236 e. The van der Waals surface area contributed by atoms with Gasteiger partial charge in [0.2, 0.25) is 5.91 Å². The van der Waals surface area contributed by atoms with Gasteiger partial charge < -0.3 is 15.0 Å². The van der Waals surface area contributed by atoms with Crippen LogP contribution in [-0.4, -0.2) is 44.6 Å². The van der Waals surface area contributed by atoms with Crippen LogP contribution in [0.5, 0.6) is 5.75 Å². The predicted molar refractivity (Wildman–Crippen MR) is 86.8 cm³/mol. The monoisotopic (exact) mass is 292 g/mol. The van der Waals surface area contributed by atoms with Gasteiger partial charge in [0.15, 0.2) is 0 Å². The summed E-state index contributed by atoms with van der Waals surface area (Å²) < 4.78 is 5.81. The fraction of sp³-hybridized carbons (Fsp3) is 0.588. The van der Waals surface area contributed by atoms with Crippen LogP contribution in [0.25, 0.3) is 0 Å². The molecule has 0 aliphatic carbocycles. The molecule has 0 aliphatic rings. The second-order valence-corrected chi connectivity index (χ2v) is 5.52. The van der Waals surface area contributed by atoms with Crippen LogP contribution in [0.15, 0.2) is 18.2 Å². The van der Waals surface area contributed by atoms with E-state index in [1.54, 1.807) is 19.0 Å². The first-order chi connectivity index (χ1) is 10.0. The molecule has 0 aliphatic heterocycles. The van der Waals surface area contributed by atoms with E-state index in [2.05, 4.69) is 37.4 Å². The summed E-state index contributed by atoms with van der Waals surface area (Å²) in [4.78, 5) is 13.0. The Hall–Kier alpha value is -1.55. The number of likely N-dealkylation sites (N-methyl/N-ethyl adjacent to an activating group) is 1. The van der Waals surface area contributed by atoms with Crippen molar-refractivity contribution in [3.63, 3.8) is 0 Å². The Labute approximate surface area is 128 Å². The summed E-state index contributed by atoms with van der Waals surface area (Å²) in [6, 6.07) is 6.33. The number of nitrogens with zero attached hydrogens (tertiary/aromatic N) is 1. The zero-order valence-electron chi connectivity index (χ0n) is 13.7. The lowest BCUT2D eigenvalue weighted by atomic mass is 10.1. The highest BCUT2D eigenvalue weighted by atomic mass is 16.5. The molecule has 0 radical (unpaired) electrons. The van der Waals surface area contributed by atoms with E-state index >= 15 is 0 Å². The Bertz CT molecular complexity index is 444. The Kier molecular flexibility index (Phi) is 7.83. The minimum absolute atomic E-state index is 0.0995. The largest absolute Gasteiger partial charge is 0.493 e. The van der Waals surface area contributed by atoms with Gasteiger partial charge in [0.1, 0.15) is 5.75 Å². The summed E-state index contributed by atoms with van der Waals surface area (Å²) in [5.41, 5.74) is 2.41.